The van der Waals surface area contributed by atoms with Crippen LogP contribution in [0.1, 0.15) is 59.3 Å². The van der Waals surface area contributed by atoms with Crippen LogP contribution in [-0.2, 0) is 16.1 Å². The van der Waals surface area contributed by atoms with Gasteiger partial charge in [0.15, 0.2) is 23.4 Å². The van der Waals surface area contributed by atoms with E-state index in [2.05, 4.69) is 15.6 Å². The largest absolute Gasteiger partial charge is 0.493 e. The van der Waals surface area contributed by atoms with Gasteiger partial charge in [-0.25, -0.2) is 4.79 Å². The summed E-state index contributed by atoms with van der Waals surface area (Å²) in [5.74, 6) is 1.18. The Morgan fingerprint density at radius 2 is 1.88 bits per heavy atom. The quantitative estimate of drug-likeness (QED) is 0.401. The highest BCUT2D eigenvalue weighted by Crippen LogP contribution is 2.30. The minimum absolute atomic E-state index is 0.230. The van der Waals surface area contributed by atoms with Crippen molar-refractivity contribution in [2.24, 2.45) is 0 Å². The number of carbonyl (C=O) groups excluding carboxylic acids is 2. The van der Waals surface area contributed by atoms with Crippen molar-refractivity contribution in [3.63, 3.8) is 0 Å². The molecule has 0 saturated heterocycles. The number of aryl methyl sites for hydroxylation is 3. The lowest BCUT2D eigenvalue weighted by Crippen LogP contribution is -2.32. The number of hydrogen-bond acceptors (Lipinski definition) is 9. The van der Waals surface area contributed by atoms with Crippen LogP contribution >= 0.6 is 0 Å². The summed E-state index contributed by atoms with van der Waals surface area (Å²) in [6.07, 6.45) is 0.947. The third-order valence-corrected chi connectivity index (χ3v) is 5.19. The van der Waals surface area contributed by atoms with Crippen LogP contribution in [0, 0.1) is 20.8 Å². The summed E-state index contributed by atoms with van der Waals surface area (Å²) < 4.78 is 26.9. The monoisotopic (exact) mass is 471 g/mol. The number of anilines is 1. The lowest BCUT2D eigenvalue weighted by atomic mass is 10.1. The molecule has 1 unspecified atom stereocenters. The predicted octanol–water partition coefficient (Wildman–Crippen LogP) is 4.53. The molecule has 3 aromatic rings. The van der Waals surface area contributed by atoms with Crippen molar-refractivity contribution in [1.82, 2.24) is 10.3 Å². The average Bonchev–Trinajstić information content (AvgIpc) is 3.38. The van der Waals surface area contributed by atoms with Gasteiger partial charge in [0.05, 0.1) is 23.9 Å². The molecule has 0 fully saturated rings. The molecule has 10 nitrogen and oxygen atoms in total. The Labute approximate surface area is 197 Å². The highest BCUT2D eigenvalue weighted by atomic mass is 16.5. The number of rotatable bonds is 11. The van der Waals surface area contributed by atoms with Crippen molar-refractivity contribution in [2.45, 2.75) is 59.7 Å². The minimum atomic E-state index is -0.981. The first-order chi connectivity index (χ1) is 16.3. The van der Waals surface area contributed by atoms with E-state index < -0.39 is 18.0 Å². The molecule has 0 bridgehead atoms. The van der Waals surface area contributed by atoms with Crippen LogP contribution in [-0.4, -0.2) is 35.4 Å². The molecule has 182 valence electrons. The van der Waals surface area contributed by atoms with E-state index in [1.807, 2.05) is 20.8 Å². The molecule has 0 aliphatic carbocycles. The average molecular weight is 472 g/mol. The van der Waals surface area contributed by atoms with Crippen LogP contribution < -0.4 is 14.8 Å². The smallest absolute Gasteiger partial charge is 0.339 e. The van der Waals surface area contributed by atoms with Crippen molar-refractivity contribution in [1.29, 1.82) is 0 Å². The predicted molar refractivity (Wildman–Crippen MR) is 122 cm³/mol. The molecule has 0 aliphatic rings. The Bertz CT molecular complexity index is 1120. The van der Waals surface area contributed by atoms with Gasteiger partial charge in [-0.2, -0.15) is 0 Å². The second-order valence-electron chi connectivity index (χ2n) is 7.81. The highest BCUT2D eigenvalue weighted by Gasteiger charge is 2.25. The van der Waals surface area contributed by atoms with Crippen LogP contribution in [0.5, 0.6) is 11.5 Å². The van der Waals surface area contributed by atoms with Crippen LogP contribution in [0.2, 0.25) is 0 Å². The van der Waals surface area contributed by atoms with Gasteiger partial charge in [-0.1, -0.05) is 23.7 Å². The first kappa shape index (κ1) is 24.8. The molecule has 10 heteroatoms. The SMILES string of the molecule is CCCCC(OC(=O)c1ccc(OCc2c(C)noc2C)c(OC)c1)C(=O)Nc1cc(C)on1. The Hall–Kier alpha value is -3.82. The summed E-state index contributed by atoms with van der Waals surface area (Å²) in [7, 11) is 1.48. The van der Waals surface area contributed by atoms with Gasteiger partial charge >= 0.3 is 5.97 Å². The normalized spacial score (nSPS) is 11.7. The molecular formula is C24H29N3O7. The molecule has 0 spiro atoms. The van der Waals surface area contributed by atoms with Crippen LogP contribution in [0.15, 0.2) is 33.3 Å². The number of hydrogen-bond donors (Lipinski definition) is 1. The molecule has 2 heterocycles. The Morgan fingerprint density at radius 3 is 2.50 bits per heavy atom. The zero-order valence-electron chi connectivity index (χ0n) is 20.0. The van der Waals surface area contributed by atoms with Crippen molar-refractivity contribution in [3.05, 3.63) is 52.6 Å². The van der Waals surface area contributed by atoms with E-state index in [0.717, 1.165) is 17.7 Å². The van der Waals surface area contributed by atoms with Gasteiger partial charge in [-0.15, -0.1) is 0 Å². The van der Waals surface area contributed by atoms with Gasteiger partial charge in [0.1, 0.15) is 18.1 Å². The lowest BCUT2D eigenvalue weighted by Gasteiger charge is -2.17. The number of nitrogens with one attached hydrogen (secondary N) is 1. The number of nitrogens with zero attached hydrogens (tertiary/aromatic N) is 2. The molecule has 1 amide bonds. The summed E-state index contributed by atoms with van der Waals surface area (Å²) in [6, 6.07) is 6.28. The topological polar surface area (TPSA) is 126 Å². The second-order valence-corrected chi connectivity index (χ2v) is 7.81. The Kier molecular flexibility index (Phi) is 8.29. The number of esters is 1. The van der Waals surface area contributed by atoms with Crippen LogP contribution in [0.4, 0.5) is 5.82 Å². The first-order valence-electron chi connectivity index (χ1n) is 11.0. The number of carbonyl (C=O) groups is 2. The molecule has 1 atom stereocenters. The third-order valence-electron chi connectivity index (χ3n) is 5.19. The molecule has 1 aromatic carbocycles. The summed E-state index contributed by atoms with van der Waals surface area (Å²) >= 11 is 0. The number of aromatic nitrogens is 2. The van der Waals surface area contributed by atoms with E-state index in [9.17, 15) is 9.59 Å². The molecule has 34 heavy (non-hydrogen) atoms. The van der Waals surface area contributed by atoms with Crippen LogP contribution in [0.25, 0.3) is 0 Å². The number of benzene rings is 1. The maximum absolute atomic E-state index is 12.8. The molecule has 0 saturated carbocycles. The zero-order valence-corrected chi connectivity index (χ0v) is 20.0. The van der Waals surface area contributed by atoms with E-state index in [1.54, 1.807) is 25.1 Å². The molecular weight excluding hydrogens is 442 g/mol. The van der Waals surface area contributed by atoms with Gasteiger partial charge in [0.25, 0.3) is 5.91 Å². The fourth-order valence-corrected chi connectivity index (χ4v) is 3.23. The van der Waals surface area contributed by atoms with Gasteiger partial charge < -0.3 is 28.6 Å². The molecule has 0 radical (unpaired) electrons. The molecule has 0 aliphatic heterocycles. The molecule has 1 N–H and O–H groups in total. The van der Waals surface area contributed by atoms with E-state index in [1.165, 1.54) is 13.2 Å². The minimum Gasteiger partial charge on any atom is -0.493 e. The van der Waals surface area contributed by atoms with Crippen molar-refractivity contribution in [3.8, 4) is 11.5 Å². The van der Waals surface area contributed by atoms with E-state index >= 15 is 0 Å². The second kappa shape index (κ2) is 11.4. The van der Waals surface area contributed by atoms with Gasteiger partial charge in [-0.3, -0.25) is 4.79 Å². The van der Waals surface area contributed by atoms with Gasteiger partial charge in [0.2, 0.25) is 0 Å². The van der Waals surface area contributed by atoms with Gasteiger partial charge in [-0.05, 0) is 51.8 Å². The van der Waals surface area contributed by atoms with Crippen LogP contribution in [0.3, 0.4) is 0 Å². The zero-order chi connectivity index (χ0) is 24.7. The van der Waals surface area contributed by atoms with E-state index in [0.29, 0.717) is 35.9 Å². The fourth-order valence-electron chi connectivity index (χ4n) is 3.23. The number of methoxy groups -OCH3 is 1. The number of unbranched alkanes of at least 4 members (excludes halogenated alkanes) is 1. The van der Waals surface area contributed by atoms with E-state index in [4.69, 9.17) is 23.3 Å². The molecule has 2 aromatic heterocycles. The standard InChI is InChI=1S/C24H29N3O7/c1-6-7-8-20(23(28)25-22-11-14(2)33-27-22)32-24(29)17-9-10-19(21(12-17)30-5)31-13-18-15(3)26-34-16(18)4/h9-12,20H,6-8,13H2,1-5H3,(H,25,27,28). The van der Waals surface area contributed by atoms with E-state index in [-0.39, 0.29) is 18.0 Å². The Balaban J connectivity index is 1.70. The van der Waals surface area contributed by atoms with Crippen molar-refractivity contribution in [2.75, 3.05) is 12.4 Å². The lowest BCUT2D eigenvalue weighted by molar-refractivity contribution is -0.125. The Morgan fingerprint density at radius 1 is 1.09 bits per heavy atom. The van der Waals surface area contributed by atoms with Gasteiger partial charge in [0, 0.05) is 6.07 Å². The van der Waals surface area contributed by atoms with Crippen molar-refractivity contribution >= 4 is 17.7 Å². The maximum Gasteiger partial charge on any atom is 0.339 e. The first-order valence-corrected chi connectivity index (χ1v) is 11.0. The molecule has 3 rings (SSSR count). The fraction of sp³-hybridized carbons (Fsp3) is 0.417. The van der Waals surface area contributed by atoms with Crippen molar-refractivity contribution < 1.29 is 32.8 Å². The summed E-state index contributed by atoms with van der Waals surface area (Å²) in [5, 5.41) is 10.3. The summed E-state index contributed by atoms with van der Waals surface area (Å²) in [6.45, 7) is 7.59. The number of amides is 1. The highest BCUT2D eigenvalue weighted by molar-refractivity contribution is 5.97. The summed E-state index contributed by atoms with van der Waals surface area (Å²) in [5.41, 5.74) is 1.82. The summed E-state index contributed by atoms with van der Waals surface area (Å²) in [4.78, 5) is 25.5. The maximum atomic E-state index is 12.8. The third kappa shape index (κ3) is 6.15. The number of ether oxygens (including phenoxy) is 3.